The summed E-state index contributed by atoms with van der Waals surface area (Å²) < 4.78 is 53.8. The van der Waals surface area contributed by atoms with E-state index in [0.717, 1.165) is 82.9 Å². The molecule has 570 valence electrons. The topological polar surface area (TPSA) is 194 Å². The lowest BCUT2D eigenvalue weighted by Crippen LogP contribution is -2.12. The van der Waals surface area contributed by atoms with Gasteiger partial charge in [-0.25, -0.2) is 4.39 Å². The first-order valence-electron chi connectivity index (χ1n) is 35.2. The molecule has 0 saturated heterocycles. The second-order valence-corrected chi connectivity index (χ2v) is 27.4. The summed E-state index contributed by atoms with van der Waals surface area (Å²) in [5, 5.41) is 9.76. The number of benzene rings is 10. The van der Waals surface area contributed by atoms with Crippen LogP contribution in [0.4, 0.5) is 17.6 Å². The Morgan fingerprint density at radius 3 is 0.877 bits per heavy atom. The molecule has 0 radical (unpaired) electrons. The zero-order chi connectivity index (χ0) is 83.8. The summed E-state index contributed by atoms with van der Waals surface area (Å²) in [7, 11) is 0. The number of halogens is 6. The van der Waals surface area contributed by atoms with Gasteiger partial charge in [0.2, 0.25) is 28.9 Å². The van der Waals surface area contributed by atoms with E-state index in [9.17, 15) is 65.5 Å². The quantitative estimate of drug-likeness (QED) is 0.0538. The summed E-state index contributed by atoms with van der Waals surface area (Å²) in [5.74, 6) is 24.6. The Labute approximate surface area is 674 Å². The van der Waals surface area contributed by atoms with Crippen molar-refractivity contribution in [2.45, 2.75) is 108 Å². The lowest BCUT2D eigenvalue weighted by atomic mass is 10.0. The zero-order valence-corrected chi connectivity index (χ0v) is 66.4. The van der Waals surface area contributed by atoms with E-state index in [-0.39, 0.29) is 55.1 Å². The molecule has 10 rings (SSSR count). The number of alkyl halides is 3. The Bertz CT molecular complexity index is 5390. The number of rotatable bonds is 15. The summed E-state index contributed by atoms with van der Waals surface area (Å²) in [6.07, 6.45) is -3.99. The number of nitriles is 1. The average molecular weight is 1610 g/mol. The minimum atomic E-state index is -4.47. The van der Waals surface area contributed by atoms with Crippen LogP contribution in [-0.4, -0.2) is 57.8 Å². The van der Waals surface area contributed by atoms with Crippen LogP contribution in [0.2, 0.25) is 5.02 Å². The SMILES string of the molecule is CC(=O)C(=O)Cc1ccc(C#Cc2ccc(C)cc2Br)cc1.CC(=O)C(=O)Cc1ccc(C#Cc2ccc(C)cc2C#N)cc1.CC(=O)C(=O)Cc1ccc(C#Cc2ccc(C)cc2C(F)(F)F)cc1.CC(=O)C(=O)Cc1ccc(C#Cc2ccc(C)cc2Cl)cc1.CC(=O)C(=O)Cc1ccc(C#Cc2ccc(C)cc2F)cc1. The van der Waals surface area contributed by atoms with Gasteiger partial charge in [-0.15, -0.1) is 0 Å². The molecule has 11 nitrogen and oxygen atoms in total. The summed E-state index contributed by atoms with van der Waals surface area (Å²) >= 11 is 9.64. The van der Waals surface area contributed by atoms with Gasteiger partial charge in [0.15, 0.2) is 28.9 Å². The van der Waals surface area contributed by atoms with Crippen molar-refractivity contribution in [2.24, 2.45) is 0 Å². The predicted octanol–water partition coefficient (Wildman–Crippen LogP) is 17.9. The molecule has 0 atom stereocenters. The molecule has 0 amide bonds. The summed E-state index contributed by atoms with van der Waals surface area (Å²) in [6, 6.07) is 63.7. The van der Waals surface area contributed by atoms with Crippen molar-refractivity contribution < 1.29 is 65.5 Å². The summed E-state index contributed by atoms with van der Waals surface area (Å²) in [6.45, 7) is 15.7. The van der Waals surface area contributed by atoms with Gasteiger partial charge in [0.05, 0.1) is 21.7 Å². The maximum Gasteiger partial charge on any atom is 0.417 e. The number of ketones is 10. The Kier molecular flexibility index (Phi) is 34.5. The number of carbonyl (C=O) groups excluding carboxylic acids is 10. The van der Waals surface area contributed by atoms with E-state index in [1.807, 2.05) is 131 Å². The third-order valence-corrected chi connectivity index (χ3v) is 17.4. The predicted molar refractivity (Wildman–Crippen MR) is 437 cm³/mol. The second-order valence-electron chi connectivity index (χ2n) is 26.2. The van der Waals surface area contributed by atoms with Crippen LogP contribution < -0.4 is 0 Å². The number of carbonyl (C=O) groups is 10. The lowest BCUT2D eigenvalue weighted by molar-refractivity contribution is -0.137. The monoisotopic (exact) mass is 1600 g/mol. The van der Waals surface area contributed by atoms with Crippen molar-refractivity contribution in [3.05, 3.63) is 350 Å². The van der Waals surface area contributed by atoms with Gasteiger partial charge in [0.25, 0.3) is 0 Å². The van der Waals surface area contributed by atoms with Crippen molar-refractivity contribution in [2.75, 3.05) is 0 Å². The van der Waals surface area contributed by atoms with Gasteiger partial charge in [0.1, 0.15) is 11.9 Å². The molecule has 0 fully saturated rings. The minimum Gasteiger partial charge on any atom is -0.291 e. The summed E-state index contributed by atoms with van der Waals surface area (Å²) in [5.41, 5.74) is 14.6. The van der Waals surface area contributed by atoms with E-state index in [0.29, 0.717) is 38.4 Å². The molecule has 0 saturated carbocycles. The zero-order valence-electron chi connectivity index (χ0n) is 64.0. The van der Waals surface area contributed by atoms with Gasteiger partial charge in [0, 0.05) is 121 Å². The highest BCUT2D eigenvalue weighted by Gasteiger charge is 2.33. The maximum absolute atomic E-state index is 13.7. The Hall–Kier alpha value is -13.3. The van der Waals surface area contributed by atoms with E-state index in [1.54, 1.807) is 97.9 Å². The lowest BCUT2D eigenvalue weighted by Gasteiger charge is -2.09. The van der Waals surface area contributed by atoms with Gasteiger partial charge in [-0.05, 0) is 222 Å². The molecular formula is C97H75BrClF4NO10. The van der Waals surface area contributed by atoms with E-state index >= 15 is 0 Å². The highest BCUT2D eigenvalue weighted by molar-refractivity contribution is 9.10. The van der Waals surface area contributed by atoms with E-state index in [1.165, 1.54) is 52.3 Å². The molecule has 0 spiro atoms. The Morgan fingerprint density at radius 2 is 0.570 bits per heavy atom. The van der Waals surface area contributed by atoms with Crippen molar-refractivity contribution >= 4 is 85.4 Å². The molecule has 0 aromatic heterocycles. The van der Waals surface area contributed by atoms with Crippen molar-refractivity contribution in [1.82, 2.24) is 0 Å². The Balaban J connectivity index is 0.000000222. The molecule has 10 aromatic rings. The number of nitrogens with zero attached hydrogens (tertiary/aromatic N) is 1. The number of hydrogen-bond acceptors (Lipinski definition) is 11. The largest absolute Gasteiger partial charge is 0.417 e. The smallest absolute Gasteiger partial charge is 0.291 e. The van der Waals surface area contributed by atoms with Crippen LogP contribution in [-0.2, 0) is 86.2 Å². The molecule has 0 aliphatic carbocycles. The van der Waals surface area contributed by atoms with Gasteiger partial charge >= 0.3 is 6.18 Å². The van der Waals surface area contributed by atoms with E-state index < -0.39 is 58.0 Å². The first-order valence-corrected chi connectivity index (χ1v) is 36.4. The van der Waals surface area contributed by atoms with Crippen LogP contribution in [0.5, 0.6) is 0 Å². The van der Waals surface area contributed by atoms with Crippen molar-refractivity contribution in [3.8, 4) is 65.3 Å². The molecule has 0 heterocycles. The molecule has 10 aromatic carbocycles. The second kappa shape index (κ2) is 43.9. The highest BCUT2D eigenvalue weighted by atomic mass is 79.9. The molecule has 114 heavy (non-hydrogen) atoms. The fourth-order valence-electron chi connectivity index (χ4n) is 9.80. The first-order chi connectivity index (χ1) is 54.0. The summed E-state index contributed by atoms with van der Waals surface area (Å²) in [4.78, 5) is 112. The molecule has 17 heteroatoms. The fraction of sp³-hybridized carbons (Fsp3) is 0.165. The highest BCUT2D eigenvalue weighted by Crippen LogP contribution is 2.32. The van der Waals surface area contributed by atoms with Crippen LogP contribution in [0.25, 0.3) is 0 Å². The van der Waals surface area contributed by atoms with Crippen molar-refractivity contribution in [1.29, 1.82) is 5.26 Å². The normalized spacial score (nSPS) is 9.92. The minimum absolute atomic E-state index is 0.000768. The number of hydrogen-bond donors (Lipinski definition) is 0. The molecule has 0 aliphatic rings. The van der Waals surface area contributed by atoms with Crippen LogP contribution in [0.15, 0.2) is 217 Å². The van der Waals surface area contributed by atoms with Gasteiger partial charge in [-0.1, -0.05) is 167 Å². The fourth-order valence-corrected chi connectivity index (χ4v) is 10.7. The van der Waals surface area contributed by atoms with Crippen LogP contribution in [0.1, 0.15) is 157 Å². The van der Waals surface area contributed by atoms with Crippen LogP contribution in [0, 0.1) is 111 Å². The van der Waals surface area contributed by atoms with E-state index in [4.69, 9.17) is 16.9 Å². The average Bonchev–Trinajstić information content (AvgIpc) is 0.821. The van der Waals surface area contributed by atoms with Gasteiger partial charge in [-0.2, -0.15) is 18.4 Å². The van der Waals surface area contributed by atoms with E-state index in [2.05, 4.69) is 81.2 Å². The number of aryl methyl sites for hydroxylation is 5. The molecule has 0 bridgehead atoms. The van der Waals surface area contributed by atoms with Crippen LogP contribution >= 0.6 is 27.5 Å². The Morgan fingerprint density at radius 1 is 0.316 bits per heavy atom. The standard InChI is InChI=1S/C20H15F3O2.C20H15NO2.C19H15BrO2.C19H15ClO2.C19H15FO2/c1-13-3-9-17(18(11-13)20(21,22)23)10-8-15-4-6-16(7-5-15)12-19(25)14(2)24;1-14-3-9-18(19(11-14)13-21)10-8-16-4-6-17(7-5-16)12-20(23)15(2)22;3*1-13-3-9-17(18(20)11-13)10-8-15-4-6-16(7-5-15)12-19(22)14(2)21/h3-7,9,11H,12H2,1-2H3;3-7,9,11H,12H2,1-2H3;3*3-7,9,11H,12H2,1-2H3. The number of Topliss-reactive ketones (excluding diaryl/α,β-unsaturated/α-hetero) is 10. The molecule has 0 N–H and O–H groups in total. The van der Waals surface area contributed by atoms with Gasteiger partial charge in [-0.3, -0.25) is 47.9 Å². The van der Waals surface area contributed by atoms with Crippen molar-refractivity contribution in [3.63, 3.8) is 0 Å². The maximum atomic E-state index is 13.7. The third kappa shape index (κ3) is 30.9. The molecule has 0 aliphatic heterocycles. The molecular weight excluding hydrogens is 1530 g/mol. The first kappa shape index (κ1) is 89.6. The van der Waals surface area contributed by atoms with Crippen LogP contribution in [0.3, 0.4) is 0 Å². The molecule has 0 unspecified atom stereocenters. The van der Waals surface area contributed by atoms with Gasteiger partial charge < -0.3 is 0 Å². The third-order valence-electron chi connectivity index (χ3n) is 16.4.